The Morgan fingerprint density at radius 3 is 1.93 bits per heavy atom. The summed E-state index contributed by atoms with van der Waals surface area (Å²) in [6.07, 6.45) is 4.21. The van der Waals surface area contributed by atoms with Gasteiger partial charge in [0.15, 0.2) is 11.5 Å². The molecule has 1 fully saturated rings. The standard InChI is InChI=1S/C48H43N7/c1-32-29-33(2)49-45-43(32)50-44(36-25-26-36)54(45)31-34-23-28-42-37(30-34)27-24-35-15-13-14-22-41(35)47(42,3)46-51-52-53-55(46)48(38-16-7-4-8-17-38,39-18-9-5-10-19-39)40-20-11-6-12-21-40/h4-23,28-30,36H,24-27,31H2,1-3H3. The molecule has 55 heavy (non-hydrogen) atoms. The zero-order valence-corrected chi connectivity index (χ0v) is 31.5. The van der Waals surface area contributed by atoms with Crippen molar-refractivity contribution in [3.8, 4) is 0 Å². The van der Waals surface area contributed by atoms with Gasteiger partial charge in [-0.15, -0.1) is 5.10 Å². The summed E-state index contributed by atoms with van der Waals surface area (Å²) in [6.45, 7) is 7.29. The fraction of sp³-hybridized carbons (Fsp3) is 0.229. The average molecular weight is 718 g/mol. The minimum absolute atomic E-state index is 0.505. The quantitative estimate of drug-likeness (QED) is 0.147. The molecule has 0 bridgehead atoms. The third-order valence-electron chi connectivity index (χ3n) is 12.1. The fourth-order valence-electron chi connectivity index (χ4n) is 9.36. The Balaban J connectivity index is 1.19. The molecule has 3 heterocycles. The molecular formula is C48H43N7. The highest BCUT2D eigenvalue weighted by molar-refractivity contribution is 5.76. The molecule has 10 rings (SSSR count). The van der Waals surface area contributed by atoms with Crippen molar-refractivity contribution in [3.05, 3.63) is 207 Å². The number of rotatable bonds is 8. The van der Waals surface area contributed by atoms with Crippen molar-refractivity contribution in [2.75, 3.05) is 0 Å². The van der Waals surface area contributed by atoms with Crippen molar-refractivity contribution in [3.63, 3.8) is 0 Å². The van der Waals surface area contributed by atoms with Gasteiger partial charge in [-0.2, -0.15) is 0 Å². The van der Waals surface area contributed by atoms with Crippen LogP contribution in [0.2, 0.25) is 0 Å². The maximum atomic E-state index is 5.18. The van der Waals surface area contributed by atoms with Gasteiger partial charge < -0.3 is 4.57 Å². The lowest BCUT2D eigenvalue weighted by molar-refractivity contribution is 0.408. The first kappa shape index (κ1) is 33.4. The molecule has 5 aromatic carbocycles. The van der Waals surface area contributed by atoms with Crippen molar-refractivity contribution >= 4 is 11.2 Å². The van der Waals surface area contributed by atoms with Crippen LogP contribution in [-0.4, -0.2) is 34.7 Å². The molecule has 0 amide bonds. The monoisotopic (exact) mass is 717 g/mol. The van der Waals surface area contributed by atoms with E-state index in [1.165, 1.54) is 52.0 Å². The SMILES string of the molecule is Cc1cc(C)c2nc(C3CC3)n(Cc3ccc4c(c3)CCc3ccccc3C4(C)c3nnnn3C(c3ccccc3)(c3ccccc3)c3ccccc3)c2n1. The summed E-state index contributed by atoms with van der Waals surface area (Å²) in [7, 11) is 0. The summed E-state index contributed by atoms with van der Waals surface area (Å²) >= 11 is 0. The molecule has 2 aliphatic carbocycles. The highest BCUT2D eigenvalue weighted by atomic mass is 15.6. The molecule has 0 aliphatic heterocycles. The molecule has 8 aromatic rings. The van der Waals surface area contributed by atoms with Gasteiger partial charge >= 0.3 is 0 Å². The van der Waals surface area contributed by atoms with Crippen molar-refractivity contribution in [1.29, 1.82) is 0 Å². The Bertz CT molecular complexity index is 2580. The minimum Gasteiger partial charge on any atom is -0.308 e. The van der Waals surface area contributed by atoms with Gasteiger partial charge in [-0.05, 0) is 113 Å². The van der Waals surface area contributed by atoms with E-state index in [1.807, 2.05) is 0 Å². The summed E-state index contributed by atoms with van der Waals surface area (Å²) in [4.78, 5) is 10.2. The summed E-state index contributed by atoms with van der Waals surface area (Å²) in [5.74, 6) is 2.46. The lowest BCUT2D eigenvalue weighted by atomic mass is 9.71. The molecule has 0 N–H and O–H groups in total. The zero-order valence-electron chi connectivity index (χ0n) is 31.5. The van der Waals surface area contributed by atoms with E-state index in [2.05, 4.69) is 175 Å². The van der Waals surface area contributed by atoms with Crippen LogP contribution in [0.3, 0.4) is 0 Å². The van der Waals surface area contributed by atoms with Crippen LogP contribution in [0, 0.1) is 13.8 Å². The molecule has 1 saturated carbocycles. The Morgan fingerprint density at radius 1 is 0.673 bits per heavy atom. The Labute approximate surface area is 321 Å². The second kappa shape index (κ2) is 13.0. The highest BCUT2D eigenvalue weighted by Crippen LogP contribution is 2.48. The number of pyridine rings is 1. The third-order valence-corrected chi connectivity index (χ3v) is 12.1. The minimum atomic E-state index is -0.863. The van der Waals surface area contributed by atoms with E-state index in [1.54, 1.807) is 0 Å². The topological polar surface area (TPSA) is 74.3 Å². The maximum absolute atomic E-state index is 5.18. The Morgan fingerprint density at radius 2 is 1.27 bits per heavy atom. The van der Waals surface area contributed by atoms with Crippen LogP contribution in [0.4, 0.5) is 0 Å². The number of benzene rings is 5. The van der Waals surface area contributed by atoms with Gasteiger partial charge in [0.2, 0.25) is 0 Å². The van der Waals surface area contributed by atoms with E-state index in [0.29, 0.717) is 5.92 Å². The van der Waals surface area contributed by atoms with Gasteiger partial charge in [0.05, 0.1) is 12.0 Å². The van der Waals surface area contributed by atoms with Gasteiger partial charge in [-0.1, -0.05) is 133 Å². The van der Waals surface area contributed by atoms with E-state index >= 15 is 0 Å². The summed E-state index contributed by atoms with van der Waals surface area (Å²) in [6, 6.07) is 50.1. The molecule has 0 radical (unpaired) electrons. The first-order chi connectivity index (χ1) is 27.0. The van der Waals surface area contributed by atoms with E-state index in [4.69, 9.17) is 20.3 Å². The van der Waals surface area contributed by atoms with Crippen molar-refractivity contribution in [2.24, 2.45) is 0 Å². The number of aryl methyl sites for hydroxylation is 4. The largest absolute Gasteiger partial charge is 0.308 e. The molecule has 0 saturated heterocycles. The van der Waals surface area contributed by atoms with Crippen molar-refractivity contribution < 1.29 is 0 Å². The summed E-state index contributed by atoms with van der Waals surface area (Å²) < 4.78 is 4.50. The Hall–Kier alpha value is -6.21. The fourth-order valence-corrected chi connectivity index (χ4v) is 9.36. The summed E-state index contributed by atoms with van der Waals surface area (Å²) in [5, 5.41) is 14.6. The predicted octanol–water partition coefficient (Wildman–Crippen LogP) is 9.25. The molecule has 270 valence electrons. The molecular weight excluding hydrogens is 675 g/mol. The number of hydrogen-bond acceptors (Lipinski definition) is 5. The van der Waals surface area contributed by atoms with Gasteiger partial charge in [0.1, 0.15) is 16.9 Å². The van der Waals surface area contributed by atoms with Gasteiger partial charge in [0.25, 0.3) is 0 Å². The van der Waals surface area contributed by atoms with Crippen LogP contribution in [-0.2, 0) is 30.3 Å². The van der Waals surface area contributed by atoms with E-state index < -0.39 is 11.0 Å². The number of fused-ring (bicyclic) bond motifs is 3. The molecule has 1 unspecified atom stereocenters. The van der Waals surface area contributed by atoms with Crippen LogP contribution in [0.1, 0.15) is 93.1 Å². The smallest absolute Gasteiger partial charge is 0.167 e. The van der Waals surface area contributed by atoms with Gasteiger partial charge in [0, 0.05) is 11.6 Å². The Kier molecular flexibility index (Phi) is 7.87. The first-order valence-corrected chi connectivity index (χ1v) is 19.5. The lowest BCUT2D eigenvalue weighted by Gasteiger charge is -2.40. The molecule has 0 spiro atoms. The predicted molar refractivity (Wildman–Crippen MR) is 216 cm³/mol. The molecule has 7 heteroatoms. The third kappa shape index (κ3) is 5.28. The van der Waals surface area contributed by atoms with Gasteiger partial charge in [-0.3, -0.25) is 0 Å². The van der Waals surface area contributed by atoms with E-state index in [9.17, 15) is 0 Å². The normalized spacial score (nSPS) is 16.8. The van der Waals surface area contributed by atoms with E-state index in [-0.39, 0.29) is 0 Å². The number of tetrazole rings is 1. The second-order valence-electron chi connectivity index (χ2n) is 15.6. The highest BCUT2D eigenvalue weighted by Gasteiger charge is 2.48. The van der Waals surface area contributed by atoms with Crippen molar-refractivity contribution in [2.45, 2.75) is 69.9 Å². The van der Waals surface area contributed by atoms with Gasteiger partial charge in [-0.25, -0.2) is 14.6 Å². The average Bonchev–Trinajstić information content (AvgIpc) is 3.87. The van der Waals surface area contributed by atoms with Crippen LogP contribution < -0.4 is 0 Å². The van der Waals surface area contributed by atoms with Crippen LogP contribution in [0.25, 0.3) is 11.2 Å². The lowest BCUT2D eigenvalue weighted by Crippen LogP contribution is -2.43. The van der Waals surface area contributed by atoms with Crippen LogP contribution >= 0.6 is 0 Å². The zero-order chi connectivity index (χ0) is 37.1. The number of aromatic nitrogens is 7. The molecule has 1 atom stereocenters. The van der Waals surface area contributed by atoms with E-state index in [0.717, 1.165) is 58.8 Å². The first-order valence-electron chi connectivity index (χ1n) is 19.5. The van der Waals surface area contributed by atoms with Crippen LogP contribution in [0.15, 0.2) is 140 Å². The summed E-state index contributed by atoms with van der Waals surface area (Å²) in [5.41, 5.74) is 12.3. The molecule has 3 aromatic heterocycles. The number of hydrogen-bond donors (Lipinski definition) is 0. The molecule has 2 aliphatic rings. The maximum Gasteiger partial charge on any atom is 0.167 e. The molecule has 7 nitrogen and oxygen atoms in total. The van der Waals surface area contributed by atoms with Crippen LogP contribution in [0.5, 0.6) is 0 Å². The van der Waals surface area contributed by atoms with Crippen molar-refractivity contribution in [1.82, 2.24) is 34.7 Å². The second-order valence-corrected chi connectivity index (χ2v) is 15.6. The number of nitrogens with zero attached hydrogens (tertiary/aromatic N) is 7. The number of imidazole rings is 1.